The molecule has 1 aliphatic carbocycles. The fourth-order valence-electron chi connectivity index (χ4n) is 2.22. The summed E-state index contributed by atoms with van der Waals surface area (Å²) in [5.74, 6) is -0.228. The quantitative estimate of drug-likeness (QED) is 0.564. The van der Waals surface area contributed by atoms with Crippen LogP contribution >= 0.6 is 0 Å². The molecule has 1 aliphatic rings. The lowest BCUT2D eigenvalue weighted by Gasteiger charge is -2.16. The SMILES string of the molecule is CCOC(=O)/C=C1\CCCc2c1ccn2C. The Morgan fingerprint density at radius 3 is 3.12 bits per heavy atom. The van der Waals surface area contributed by atoms with Gasteiger partial charge in [0.25, 0.3) is 0 Å². The average molecular weight is 219 g/mol. The molecule has 0 bridgehead atoms. The van der Waals surface area contributed by atoms with Gasteiger partial charge in [-0.3, -0.25) is 0 Å². The molecule has 0 aromatic carbocycles. The summed E-state index contributed by atoms with van der Waals surface area (Å²) in [5, 5.41) is 0. The van der Waals surface area contributed by atoms with Crippen LogP contribution in [0.1, 0.15) is 31.0 Å². The molecule has 0 unspecified atom stereocenters. The van der Waals surface area contributed by atoms with Gasteiger partial charge in [-0.2, -0.15) is 0 Å². The molecule has 3 heteroatoms. The van der Waals surface area contributed by atoms with Crippen LogP contribution in [-0.2, 0) is 23.0 Å². The first-order valence-corrected chi connectivity index (χ1v) is 5.74. The maximum atomic E-state index is 11.4. The summed E-state index contributed by atoms with van der Waals surface area (Å²) < 4.78 is 7.08. The molecule has 0 radical (unpaired) electrons. The summed E-state index contributed by atoms with van der Waals surface area (Å²) in [6.45, 7) is 2.26. The minimum Gasteiger partial charge on any atom is -0.463 e. The van der Waals surface area contributed by atoms with Crippen molar-refractivity contribution in [3.63, 3.8) is 0 Å². The predicted octanol–water partition coefficient (Wildman–Crippen LogP) is 2.31. The average Bonchev–Trinajstić information content (AvgIpc) is 2.62. The lowest BCUT2D eigenvalue weighted by atomic mass is 9.92. The second kappa shape index (κ2) is 4.56. The number of hydrogen-bond acceptors (Lipinski definition) is 2. The molecular formula is C13H17NO2. The van der Waals surface area contributed by atoms with E-state index in [1.807, 2.05) is 14.0 Å². The maximum Gasteiger partial charge on any atom is 0.331 e. The van der Waals surface area contributed by atoms with Crippen LogP contribution in [-0.4, -0.2) is 17.1 Å². The molecule has 0 aliphatic heterocycles. The molecule has 0 amide bonds. The second-order valence-corrected chi connectivity index (χ2v) is 4.06. The highest BCUT2D eigenvalue weighted by Crippen LogP contribution is 2.30. The first kappa shape index (κ1) is 11.0. The van der Waals surface area contributed by atoms with Crippen LogP contribution in [0, 0.1) is 0 Å². The van der Waals surface area contributed by atoms with Crippen LogP contribution in [0.3, 0.4) is 0 Å². The number of aryl methyl sites for hydroxylation is 1. The van der Waals surface area contributed by atoms with Crippen LogP contribution in [0.4, 0.5) is 0 Å². The van der Waals surface area contributed by atoms with Crippen molar-refractivity contribution in [1.29, 1.82) is 0 Å². The van der Waals surface area contributed by atoms with Crippen molar-refractivity contribution in [2.24, 2.45) is 7.05 Å². The molecule has 3 nitrogen and oxygen atoms in total. The normalized spacial score (nSPS) is 17.2. The van der Waals surface area contributed by atoms with Gasteiger partial charge in [0.05, 0.1) is 6.61 Å². The second-order valence-electron chi connectivity index (χ2n) is 4.06. The molecule has 0 saturated heterocycles. The lowest BCUT2D eigenvalue weighted by molar-refractivity contribution is -0.137. The van der Waals surface area contributed by atoms with Gasteiger partial charge in [-0.15, -0.1) is 0 Å². The third kappa shape index (κ3) is 2.03. The number of ether oxygens (including phenoxy) is 1. The molecule has 1 aromatic rings. The zero-order chi connectivity index (χ0) is 11.5. The van der Waals surface area contributed by atoms with Crippen molar-refractivity contribution in [2.45, 2.75) is 26.2 Å². The van der Waals surface area contributed by atoms with Gasteiger partial charge >= 0.3 is 5.97 Å². The van der Waals surface area contributed by atoms with E-state index in [9.17, 15) is 4.79 Å². The number of allylic oxidation sites excluding steroid dienone is 1. The van der Waals surface area contributed by atoms with Gasteiger partial charge < -0.3 is 9.30 Å². The fraction of sp³-hybridized carbons (Fsp3) is 0.462. The first-order chi connectivity index (χ1) is 7.72. The van der Waals surface area contributed by atoms with E-state index in [0.717, 1.165) is 24.8 Å². The van der Waals surface area contributed by atoms with Crippen molar-refractivity contribution in [3.05, 3.63) is 29.6 Å². The van der Waals surface area contributed by atoms with Crippen molar-refractivity contribution in [1.82, 2.24) is 4.57 Å². The van der Waals surface area contributed by atoms with E-state index in [1.165, 1.54) is 11.3 Å². The summed E-state index contributed by atoms with van der Waals surface area (Å²) in [4.78, 5) is 11.4. The van der Waals surface area contributed by atoms with Crippen molar-refractivity contribution in [2.75, 3.05) is 6.61 Å². The Bertz CT molecular complexity index is 429. The van der Waals surface area contributed by atoms with Crippen LogP contribution in [0.5, 0.6) is 0 Å². The Morgan fingerprint density at radius 2 is 2.38 bits per heavy atom. The summed E-state index contributed by atoms with van der Waals surface area (Å²) in [7, 11) is 2.05. The van der Waals surface area contributed by atoms with Crippen molar-refractivity contribution in [3.8, 4) is 0 Å². The van der Waals surface area contributed by atoms with Gasteiger partial charge in [-0.05, 0) is 43.4 Å². The molecule has 1 heterocycles. The smallest absolute Gasteiger partial charge is 0.331 e. The number of rotatable bonds is 2. The van der Waals surface area contributed by atoms with Crippen LogP contribution in [0.15, 0.2) is 18.3 Å². The largest absolute Gasteiger partial charge is 0.463 e. The number of carbonyl (C=O) groups is 1. The van der Waals surface area contributed by atoms with E-state index >= 15 is 0 Å². The molecule has 1 aromatic heterocycles. The number of hydrogen-bond donors (Lipinski definition) is 0. The Labute approximate surface area is 95.7 Å². The van der Waals surface area contributed by atoms with Crippen LogP contribution < -0.4 is 0 Å². The van der Waals surface area contributed by atoms with Gasteiger partial charge in [-0.25, -0.2) is 4.79 Å². The van der Waals surface area contributed by atoms with Crippen LogP contribution in [0.2, 0.25) is 0 Å². The third-order valence-electron chi connectivity index (χ3n) is 2.99. The summed E-state index contributed by atoms with van der Waals surface area (Å²) in [6.07, 6.45) is 6.86. The van der Waals surface area contributed by atoms with E-state index in [1.54, 1.807) is 6.08 Å². The van der Waals surface area contributed by atoms with E-state index in [4.69, 9.17) is 4.74 Å². The highest BCUT2D eigenvalue weighted by Gasteiger charge is 2.17. The van der Waals surface area contributed by atoms with E-state index < -0.39 is 0 Å². The zero-order valence-corrected chi connectivity index (χ0v) is 9.82. The first-order valence-electron chi connectivity index (χ1n) is 5.74. The molecular weight excluding hydrogens is 202 g/mol. The Kier molecular flexibility index (Phi) is 3.13. The molecule has 2 rings (SSSR count). The van der Waals surface area contributed by atoms with Gasteiger partial charge in [0.1, 0.15) is 0 Å². The molecule has 0 fully saturated rings. The van der Waals surface area contributed by atoms with E-state index in [0.29, 0.717) is 6.61 Å². The monoisotopic (exact) mass is 219 g/mol. The number of fused-ring (bicyclic) bond motifs is 1. The standard InChI is InChI=1S/C13H17NO2/c1-3-16-13(15)9-10-5-4-6-12-11(10)7-8-14(12)2/h7-9H,3-6H2,1-2H3/b10-9+. The summed E-state index contributed by atoms with van der Waals surface area (Å²) in [6, 6.07) is 2.08. The minimum absolute atomic E-state index is 0.228. The predicted molar refractivity (Wildman–Crippen MR) is 63.0 cm³/mol. The molecule has 86 valence electrons. The molecule has 0 saturated carbocycles. The lowest BCUT2D eigenvalue weighted by Crippen LogP contribution is -2.07. The molecule has 16 heavy (non-hydrogen) atoms. The van der Waals surface area contributed by atoms with E-state index in [-0.39, 0.29) is 5.97 Å². The Morgan fingerprint density at radius 1 is 1.56 bits per heavy atom. The fourth-order valence-corrected chi connectivity index (χ4v) is 2.22. The zero-order valence-electron chi connectivity index (χ0n) is 9.82. The highest BCUT2D eigenvalue weighted by atomic mass is 16.5. The Hall–Kier alpha value is -1.51. The number of carbonyl (C=O) groups excluding carboxylic acids is 1. The minimum atomic E-state index is -0.228. The van der Waals surface area contributed by atoms with E-state index in [2.05, 4.69) is 16.8 Å². The summed E-state index contributed by atoms with van der Waals surface area (Å²) >= 11 is 0. The van der Waals surface area contributed by atoms with Gasteiger partial charge in [0.15, 0.2) is 0 Å². The van der Waals surface area contributed by atoms with Crippen LogP contribution in [0.25, 0.3) is 5.57 Å². The van der Waals surface area contributed by atoms with Gasteiger partial charge in [0, 0.05) is 25.0 Å². The maximum absolute atomic E-state index is 11.4. The van der Waals surface area contributed by atoms with Crippen molar-refractivity contribution < 1.29 is 9.53 Å². The molecule has 0 N–H and O–H groups in total. The topological polar surface area (TPSA) is 31.2 Å². The van der Waals surface area contributed by atoms with Crippen molar-refractivity contribution >= 4 is 11.5 Å². The third-order valence-corrected chi connectivity index (χ3v) is 2.99. The summed E-state index contributed by atoms with van der Waals surface area (Å²) in [5.41, 5.74) is 3.64. The number of esters is 1. The highest BCUT2D eigenvalue weighted by molar-refractivity contribution is 5.92. The molecule has 0 spiro atoms. The molecule has 0 atom stereocenters. The Balaban J connectivity index is 2.28. The van der Waals surface area contributed by atoms with Gasteiger partial charge in [0.2, 0.25) is 0 Å². The number of nitrogens with zero attached hydrogens (tertiary/aromatic N) is 1. The van der Waals surface area contributed by atoms with Gasteiger partial charge in [-0.1, -0.05) is 0 Å². The number of aromatic nitrogens is 1.